The Bertz CT molecular complexity index is 415. The maximum atomic E-state index is 9.62. The predicted octanol–water partition coefficient (Wildman–Crippen LogP) is 1.41. The maximum Gasteiger partial charge on any atom is 0.165 e. The molecule has 0 aromatic heterocycles. The van der Waals surface area contributed by atoms with E-state index in [9.17, 15) is 5.11 Å². The van der Waals surface area contributed by atoms with Crippen LogP contribution in [0, 0.1) is 0 Å². The molecular weight excluding hydrogens is 180 g/mol. The highest BCUT2D eigenvalue weighted by molar-refractivity contribution is 5.52. The van der Waals surface area contributed by atoms with Gasteiger partial charge in [0.2, 0.25) is 0 Å². The van der Waals surface area contributed by atoms with Gasteiger partial charge in [-0.3, -0.25) is 0 Å². The van der Waals surface area contributed by atoms with Crippen LogP contribution in [0.3, 0.4) is 0 Å². The van der Waals surface area contributed by atoms with Gasteiger partial charge in [0.05, 0.1) is 18.1 Å². The summed E-state index contributed by atoms with van der Waals surface area (Å²) in [6, 6.07) is 5.57. The number of rotatable bonds is 0. The lowest BCUT2D eigenvalue weighted by atomic mass is 9.97. The molecule has 1 saturated heterocycles. The van der Waals surface area contributed by atoms with Gasteiger partial charge in [-0.2, -0.15) is 0 Å². The molecule has 0 amide bonds. The van der Waals surface area contributed by atoms with Crippen molar-refractivity contribution in [3.63, 3.8) is 0 Å². The lowest BCUT2D eigenvalue weighted by Gasteiger charge is -2.10. The molecule has 0 spiro atoms. The van der Waals surface area contributed by atoms with Crippen LogP contribution in [0.2, 0.25) is 0 Å². The van der Waals surface area contributed by atoms with E-state index in [4.69, 9.17) is 9.47 Å². The quantitative estimate of drug-likeness (QED) is 0.629. The van der Waals surface area contributed by atoms with Crippen molar-refractivity contribution in [1.29, 1.82) is 0 Å². The molecule has 72 valence electrons. The van der Waals surface area contributed by atoms with Crippen LogP contribution in [0.4, 0.5) is 0 Å². The molecule has 1 saturated carbocycles. The first-order valence-corrected chi connectivity index (χ1v) is 4.98. The minimum Gasteiger partial charge on any atom is -0.504 e. The van der Waals surface area contributed by atoms with E-state index in [0.29, 0.717) is 23.9 Å². The van der Waals surface area contributed by atoms with Crippen LogP contribution < -0.4 is 4.74 Å². The predicted molar refractivity (Wildman–Crippen MR) is 48.5 cm³/mol. The number of benzene rings is 1. The average Bonchev–Trinajstić information content (AvgIpc) is 2.70. The van der Waals surface area contributed by atoms with Crippen LogP contribution in [0.5, 0.6) is 11.5 Å². The third-order valence-electron chi connectivity index (χ3n) is 3.49. The van der Waals surface area contributed by atoms with E-state index >= 15 is 0 Å². The van der Waals surface area contributed by atoms with Gasteiger partial charge in [-0.15, -0.1) is 0 Å². The largest absolute Gasteiger partial charge is 0.504 e. The second kappa shape index (κ2) is 2.06. The number of hydrogen-bond acceptors (Lipinski definition) is 3. The minimum absolute atomic E-state index is 0.238. The fourth-order valence-electron chi connectivity index (χ4n) is 2.83. The molecule has 4 unspecified atom stereocenters. The molecule has 4 rings (SSSR count). The molecule has 2 aliphatic heterocycles. The summed E-state index contributed by atoms with van der Waals surface area (Å²) in [5, 5.41) is 9.62. The fraction of sp³-hybridized carbons (Fsp3) is 0.455. The third-order valence-corrected chi connectivity index (χ3v) is 3.49. The first-order valence-electron chi connectivity index (χ1n) is 4.98. The van der Waals surface area contributed by atoms with Crippen LogP contribution in [-0.2, 0) is 4.74 Å². The van der Waals surface area contributed by atoms with Gasteiger partial charge in [0.1, 0.15) is 6.10 Å². The summed E-state index contributed by atoms with van der Waals surface area (Å²) >= 11 is 0. The Hall–Kier alpha value is -1.22. The fourth-order valence-corrected chi connectivity index (χ4v) is 2.83. The van der Waals surface area contributed by atoms with Crippen LogP contribution >= 0.6 is 0 Å². The van der Waals surface area contributed by atoms with Gasteiger partial charge in [0.15, 0.2) is 11.5 Å². The van der Waals surface area contributed by atoms with Crippen molar-refractivity contribution in [2.24, 2.45) is 0 Å². The van der Waals surface area contributed by atoms with Crippen molar-refractivity contribution in [3.8, 4) is 11.5 Å². The molecule has 0 bridgehead atoms. The summed E-state index contributed by atoms with van der Waals surface area (Å²) in [4.78, 5) is 0. The van der Waals surface area contributed by atoms with Gasteiger partial charge in [0.25, 0.3) is 0 Å². The Morgan fingerprint density at radius 3 is 3.14 bits per heavy atom. The van der Waals surface area contributed by atoms with Crippen molar-refractivity contribution in [2.75, 3.05) is 0 Å². The molecule has 4 atom stereocenters. The molecule has 3 nitrogen and oxygen atoms in total. The van der Waals surface area contributed by atoms with Crippen molar-refractivity contribution >= 4 is 0 Å². The smallest absolute Gasteiger partial charge is 0.165 e. The average molecular weight is 190 g/mol. The normalized spacial score (nSPS) is 41.1. The number of epoxide rings is 1. The Morgan fingerprint density at radius 2 is 2.21 bits per heavy atom. The highest BCUT2D eigenvalue weighted by Gasteiger charge is 2.60. The van der Waals surface area contributed by atoms with E-state index in [1.54, 1.807) is 6.07 Å². The third kappa shape index (κ3) is 0.686. The Morgan fingerprint density at radius 1 is 1.29 bits per heavy atom. The van der Waals surface area contributed by atoms with Gasteiger partial charge in [-0.25, -0.2) is 0 Å². The molecule has 1 aliphatic carbocycles. The second-order valence-corrected chi connectivity index (χ2v) is 4.25. The van der Waals surface area contributed by atoms with Crippen molar-refractivity contribution in [2.45, 2.75) is 30.7 Å². The number of ether oxygens (including phenoxy) is 2. The summed E-state index contributed by atoms with van der Waals surface area (Å²) in [7, 11) is 0. The number of fused-ring (bicyclic) bond motifs is 5. The first kappa shape index (κ1) is 7.12. The summed E-state index contributed by atoms with van der Waals surface area (Å²) < 4.78 is 11.2. The lowest BCUT2D eigenvalue weighted by Crippen LogP contribution is -2.17. The van der Waals surface area contributed by atoms with E-state index in [1.165, 1.54) is 0 Å². The first-order chi connectivity index (χ1) is 6.84. The highest BCUT2D eigenvalue weighted by atomic mass is 16.6. The summed E-state index contributed by atoms with van der Waals surface area (Å²) in [5.74, 6) is 1.30. The molecule has 3 aliphatic rings. The number of aromatic hydroxyl groups is 1. The Kier molecular flexibility index (Phi) is 1.05. The molecule has 0 radical (unpaired) electrons. The molecule has 2 heterocycles. The number of hydrogen-bond donors (Lipinski definition) is 1. The van der Waals surface area contributed by atoms with Gasteiger partial charge in [0, 0.05) is 12.0 Å². The molecule has 2 fully saturated rings. The Balaban J connectivity index is 1.89. The van der Waals surface area contributed by atoms with Gasteiger partial charge in [-0.1, -0.05) is 12.1 Å². The zero-order chi connectivity index (χ0) is 9.28. The summed E-state index contributed by atoms with van der Waals surface area (Å²) in [6.45, 7) is 0. The van der Waals surface area contributed by atoms with Crippen LogP contribution in [-0.4, -0.2) is 23.4 Å². The summed E-state index contributed by atoms with van der Waals surface area (Å²) in [6.07, 6.45) is 1.98. The molecular formula is C11H10O3. The number of para-hydroxylation sites is 1. The Labute approximate surface area is 81.3 Å². The zero-order valence-corrected chi connectivity index (χ0v) is 7.51. The molecule has 3 heteroatoms. The molecule has 1 aromatic carbocycles. The number of phenolic OH excluding ortho intramolecular Hbond substituents is 1. The summed E-state index contributed by atoms with van der Waals surface area (Å²) in [5.41, 5.74) is 1.13. The van der Waals surface area contributed by atoms with Crippen molar-refractivity contribution in [3.05, 3.63) is 23.8 Å². The molecule has 1 N–H and O–H groups in total. The van der Waals surface area contributed by atoms with E-state index in [2.05, 4.69) is 0 Å². The zero-order valence-electron chi connectivity index (χ0n) is 7.51. The lowest BCUT2D eigenvalue weighted by molar-refractivity contribution is 0.154. The van der Waals surface area contributed by atoms with Crippen LogP contribution in [0.15, 0.2) is 18.2 Å². The van der Waals surface area contributed by atoms with Gasteiger partial charge < -0.3 is 14.6 Å². The van der Waals surface area contributed by atoms with E-state index in [-0.39, 0.29) is 11.9 Å². The standard InChI is InChI=1S/C11H10O3/c12-6-3-1-2-5-9-7(13-10(5)6)4-8-11(9)14-8/h1-3,7-9,11-12H,4H2. The van der Waals surface area contributed by atoms with Crippen LogP contribution in [0.25, 0.3) is 0 Å². The van der Waals surface area contributed by atoms with E-state index in [1.807, 2.05) is 12.1 Å². The minimum atomic E-state index is 0.238. The van der Waals surface area contributed by atoms with E-state index in [0.717, 1.165) is 12.0 Å². The molecule has 1 aromatic rings. The van der Waals surface area contributed by atoms with Crippen molar-refractivity contribution in [1.82, 2.24) is 0 Å². The number of phenols is 1. The van der Waals surface area contributed by atoms with Crippen molar-refractivity contribution < 1.29 is 14.6 Å². The topological polar surface area (TPSA) is 42.0 Å². The monoisotopic (exact) mass is 190 g/mol. The van der Waals surface area contributed by atoms with Gasteiger partial charge >= 0.3 is 0 Å². The van der Waals surface area contributed by atoms with E-state index < -0.39 is 0 Å². The van der Waals surface area contributed by atoms with Gasteiger partial charge in [-0.05, 0) is 6.07 Å². The highest BCUT2D eigenvalue weighted by Crippen LogP contribution is 2.57. The maximum absolute atomic E-state index is 9.62. The second-order valence-electron chi connectivity index (χ2n) is 4.25. The SMILES string of the molecule is Oc1cccc2c1OC1CC3OC3C21. The van der Waals surface area contributed by atoms with Crippen LogP contribution in [0.1, 0.15) is 17.9 Å². The molecule has 14 heavy (non-hydrogen) atoms.